The molecule has 0 aliphatic heterocycles. The van der Waals surface area contributed by atoms with Gasteiger partial charge in [-0.2, -0.15) is 18.3 Å². The lowest BCUT2D eigenvalue weighted by molar-refractivity contribution is -0.661. The first-order valence-electron chi connectivity index (χ1n) is 37.8. The summed E-state index contributed by atoms with van der Waals surface area (Å²) in [6.45, 7) is 5.60. The number of furan rings is 8. The molecule has 0 bridgehead atoms. The van der Waals surface area contributed by atoms with Crippen LogP contribution in [0.1, 0.15) is 61.6 Å². The third-order valence-corrected chi connectivity index (χ3v) is 20.1. The minimum absolute atomic E-state index is 0.0689. The van der Waals surface area contributed by atoms with E-state index < -0.39 is 19.6 Å². The predicted molar refractivity (Wildman–Crippen MR) is 415 cm³/mol. The van der Waals surface area contributed by atoms with Crippen molar-refractivity contribution in [2.24, 2.45) is 28.2 Å². The normalized spacial score (nSPS) is 13.1. The van der Waals surface area contributed by atoms with E-state index in [-0.39, 0.29) is 5.69 Å². The summed E-state index contributed by atoms with van der Waals surface area (Å²) in [5, 5.41) is 12.3. The van der Waals surface area contributed by atoms with Crippen molar-refractivity contribution < 1.29 is 61.8 Å². The van der Waals surface area contributed by atoms with Gasteiger partial charge >= 0.3 is 0 Å². The Balaban J connectivity index is 0.000000105. The first-order chi connectivity index (χ1) is 54.0. The number of nitrogens with zero attached hydrogens (tertiary/aromatic N) is 8. The van der Waals surface area contributed by atoms with Gasteiger partial charge in [-0.1, -0.05) is 141 Å². The molecular weight excluding hydrogens is 1320 g/mol. The maximum Gasteiger partial charge on any atom is 0.299 e. The molecule has 0 saturated heterocycles. The molecule has 0 amide bonds. The monoisotopic (exact) mass is 1400 g/mol. The Bertz CT molecular complexity index is 7340. The highest BCUT2D eigenvalue weighted by Gasteiger charge is 2.28. The maximum atomic E-state index is 7.67. The van der Waals surface area contributed by atoms with Crippen molar-refractivity contribution in [1.29, 1.82) is 0 Å². The van der Waals surface area contributed by atoms with Crippen LogP contribution >= 0.6 is 0 Å². The van der Waals surface area contributed by atoms with Crippen molar-refractivity contribution in [1.82, 2.24) is 19.9 Å². The topological polar surface area (TPSA) is 172 Å². The van der Waals surface area contributed by atoms with Crippen molar-refractivity contribution in [3.8, 4) is 56.3 Å². The molecule has 1 unspecified atom stereocenters. The van der Waals surface area contributed by atoms with E-state index in [4.69, 9.17) is 48.5 Å². The third-order valence-electron chi connectivity index (χ3n) is 20.1. The van der Waals surface area contributed by atoms with Crippen molar-refractivity contribution in [2.75, 3.05) is 0 Å². The second-order valence-corrected chi connectivity index (χ2v) is 27.1. The standard InChI is InChI=1S/C26H19N2O2.C23H21N2O2.C21H17N2O2.C20H15N2O2/c1-16-12-13-19-24-18-10-6-7-11-22(18)29-26(24)30-25(19)23(16)21-14-27-20(15-28(21)2)17-8-4-3-5-9-17;1-13(2)17-12-25(4)18(11-24-17)20-14(3)9-10-16-21-15-7-5-6-8-19(15)26-23(21)27-22(16)20;1-12-8-16-19(9-15(12)17-10-22-13(2)11-23(17)3)25-21-20(16)14-6-4-5-7-18(14)24-21;1-12-9-15-18(10-14(12)16-11-21-7-8-22(16)2)24-20-19(15)13-5-3-4-6-17(13)23-20/h3-15H,1-2H3;5-13H,1-4H3;4-11H,1-3H3;3-11H,1-2H3/q4*+1/i;1D3;2D3;. The molecule has 16 nitrogen and oxygen atoms in total. The van der Waals surface area contributed by atoms with E-state index in [1.54, 1.807) is 42.5 Å². The summed E-state index contributed by atoms with van der Waals surface area (Å²) in [6.07, 6.45) is 16.2. The van der Waals surface area contributed by atoms with E-state index in [1.807, 2.05) is 174 Å². The van der Waals surface area contributed by atoms with Gasteiger partial charge in [0.15, 0.2) is 36.0 Å². The van der Waals surface area contributed by atoms with Crippen molar-refractivity contribution in [3.05, 3.63) is 265 Å². The highest BCUT2D eigenvalue weighted by molar-refractivity contribution is 6.22. The molecule has 12 aromatic heterocycles. The molecule has 1 atom stereocenters. The SMILES string of the molecule is Cc1cc2c(cc1-c1cncc[n+]1C)oc1oc3ccccc3c12.Cc1ccc2c(oc3oc4ccccc4c32)c1-c1cnc(-c2ccccc2)c[n+]1C.[2H]C([2H])([2H])C(C)c1c[n+](C)c(-c2c(C)ccc3c2oc2oc4ccccc4c23)cn1.[2H]C([2H])([2H])c1c[n+](C)c(-c2cc3oc4oc5ccccc5c4c3cc2C)cn1. The fraction of sp³-hybridized carbons (Fsp3) is 0.133. The molecule has 0 aliphatic rings. The minimum Gasteiger partial charge on any atom is -0.425 e. The molecule has 21 aromatic rings. The lowest BCUT2D eigenvalue weighted by atomic mass is 10.0. The van der Waals surface area contributed by atoms with Gasteiger partial charge in [0.1, 0.15) is 85.0 Å². The van der Waals surface area contributed by atoms with Gasteiger partial charge in [0, 0.05) is 62.8 Å². The lowest BCUT2D eigenvalue weighted by Crippen LogP contribution is -2.32. The number of rotatable bonds is 6. The van der Waals surface area contributed by atoms with Crippen LogP contribution in [0.5, 0.6) is 0 Å². The molecule has 0 fully saturated rings. The van der Waals surface area contributed by atoms with Gasteiger partial charge < -0.3 is 35.3 Å². The summed E-state index contributed by atoms with van der Waals surface area (Å²) < 4.78 is 102. The van der Waals surface area contributed by atoms with Gasteiger partial charge in [-0.25, -0.2) is 15.0 Å². The van der Waals surface area contributed by atoms with Gasteiger partial charge in [-0.05, 0) is 105 Å². The molecule has 516 valence electrons. The highest BCUT2D eigenvalue weighted by Crippen LogP contribution is 2.45. The summed E-state index contributed by atoms with van der Waals surface area (Å²) in [6, 6.07) is 58.7. The second kappa shape index (κ2) is 25.6. The Hall–Kier alpha value is -13.3. The van der Waals surface area contributed by atoms with Crippen LogP contribution in [0.3, 0.4) is 0 Å². The van der Waals surface area contributed by atoms with Gasteiger partial charge in [-0.3, -0.25) is 4.98 Å². The molecule has 0 radical (unpaired) electrons. The molecule has 9 aromatic carbocycles. The van der Waals surface area contributed by atoms with Crippen LogP contribution in [0.2, 0.25) is 0 Å². The van der Waals surface area contributed by atoms with Gasteiger partial charge in [0.2, 0.25) is 22.8 Å². The van der Waals surface area contributed by atoms with Crippen LogP contribution in [-0.4, -0.2) is 19.9 Å². The highest BCUT2D eigenvalue weighted by atomic mass is 16.5. The van der Waals surface area contributed by atoms with E-state index in [0.29, 0.717) is 28.8 Å². The fourth-order valence-corrected chi connectivity index (χ4v) is 14.8. The molecule has 106 heavy (non-hydrogen) atoms. The van der Waals surface area contributed by atoms with Crippen LogP contribution in [-0.2, 0) is 28.2 Å². The summed E-state index contributed by atoms with van der Waals surface area (Å²) in [5.74, 6) is 1.51. The van der Waals surface area contributed by atoms with E-state index in [0.717, 1.165) is 182 Å². The van der Waals surface area contributed by atoms with Crippen molar-refractivity contribution >= 4 is 132 Å². The van der Waals surface area contributed by atoms with Gasteiger partial charge in [0.05, 0.1) is 68.6 Å². The summed E-state index contributed by atoms with van der Waals surface area (Å²) in [7, 11) is 7.77. The van der Waals surface area contributed by atoms with Crippen LogP contribution in [0.25, 0.3) is 189 Å². The van der Waals surface area contributed by atoms with Crippen LogP contribution in [0, 0.1) is 34.5 Å². The van der Waals surface area contributed by atoms with E-state index in [1.165, 1.54) is 5.56 Å². The quantitative estimate of drug-likeness (QED) is 0.144. The number of aromatic nitrogens is 8. The first-order valence-corrected chi connectivity index (χ1v) is 34.8. The van der Waals surface area contributed by atoms with Crippen molar-refractivity contribution in [3.63, 3.8) is 0 Å². The number of aryl methyl sites for hydroxylation is 9. The Morgan fingerprint density at radius 2 is 0.792 bits per heavy atom. The van der Waals surface area contributed by atoms with Crippen LogP contribution in [0.15, 0.2) is 267 Å². The average molecular weight is 1400 g/mol. The third kappa shape index (κ3) is 10.9. The largest absolute Gasteiger partial charge is 0.425 e. The number of para-hydroxylation sites is 4. The minimum atomic E-state index is -2.23. The zero-order valence-electron chi connectivity index (χ0n) is 65.4. The molecule has 0 aliphatic carbocycles. The Morgan fingerprint density at radius 1 is 0.368 bits per heavy atom. The van der Waals surface area contributed by atoms with Gasteiger partial charge in [0.25, 0.3) is 23.1 Å². The molecule has 0 spiro atoms. The molecular formula is C90H72N8O8+4. The summed E-state index contributed by atoms with van der Waals surface area (Å²) in [5.41, 5.74) is 21.2. The molecule has 0 saturated carbocycles. The number of hydrogen-bond donors (Lipinski definition) is 0. The van der Waals surface area contributed by atoms with E-state index in [9.17, 15) is 0 Å². The fourth-order valence-electron chi connectivity index (χ4n) is 14.8. The zero-order valence-corrected chi connectivity index (χ0v) is 59.4. The number of fused-ring (bicyclic) bond motifs is 20. The summed E-state index contributed by atoms with van der Waals surface area (Å²) >= 11 is 0. The smallest absolute Gasteiger partial charge is 0.299 e. The number of benzene rings is 9. The molecule has 21 rings (SSSR count). The summed E-state index contributed by atoms with van der Waals surface area (Å²) in [4.78, 5) is 17.6. The van der Waals surface area contributed by atoms with Crippen molar-refractivity contribution in [2.45, 2.75) is 54.2 Å². The van der Waals surface area contributed by atoms with E-state index >= 15 is 0 Å². The van der Waals surface area contributed by atoms with Gasteiger partial charge in [-0.15, -0.1) is 0 Å². The van der Waals surface area contributed by atoms with Crippen LogP contribution < -0.4 is 18.3 Å². The Labute approximate surface area is 615 Å². The molecule has 16 heteroatoms. The maximum absolute atomic E-state index is 7.67. The first kappa shape index (κ1) is 58.2. The predicted octanol–water partition coefficient (Wildman–Crippen LogP) is 21.2. The average Bonchev–Trinajstić information content (AvgIpc) is 1.59. The lowest BCUT2D eigenvalue weighted by Gasteiger charge is -2.07. The van der Waals surface area contributed by atoms with Crippen LogP contribution in [0.4, 0.5) is 0 Å². The Morgan fingerprint density at radius 3 is 1.25 bits per heavy atom. The molecule has 12 heterocycles. The zero-order chi connectivity index (χ0) is 77.3. The Kier molecular flexibility index (Phi) is 14.0. The molecule has 0 N–H and O–H groups in total. The van der Waals surface area contributed by atoms with E-state index in [2.05, 4.69) is 111 Å². The second-order valence-electron chi connectivity index (χ2n) is 27.1. The number of hydrogen-bond acceptors (Lipinski definition) is 12.